The Balaban J connectivity index is 1.39. The van der Waals surface area contributed by atoms with E-state index in [9.17, 15) is 9.90 Å². The fourth-order valence-corrected chi connectivity index (χ4v) is 5.26. The van der Waals surface area contributed by atoms with Crippen LogP contribution in [0, 0.1) is 5.82 Å². The number of imidazole rings is 1. The number of carboxylic acid groups (broad SMARTS) is 1. The van der Waals surface area contributed by atoms with Crippen molar-refractivity contribution >= 4 is 11.6 Å². The molecule has 8 heteroatoms. The van der Waals surface area contributed by atoms with Gasteiger partial charge in [0, 0.05) is 36.2 Å². The number of benzene rings is 2. The van der Waals surface area contributed by atoms with Crippen molar-refractivity contribution < 1.29 is 23.8 Å². The summed E-state index contributed by atoms with van der Waals surface area (Å²) in [5, 5.41) is 9.71. The van der Waals surface area contributed by atoms with Crippen LogP contribution < -0.4 is 9.47 Å². The van der Waals surface area contributed by atoms with E-state index in [1.807, 2.05) is 74.7 Å². The second kappa shape index (κ2) is 10.6. The van der Waals surface area contributed by atoms with Crippen molar-refractivity contribution in [3.63, 3.8) is 0 Å². The molecule has 0 radical (unpaired) electrons. The Morgan fingerprint density at radius 2 is 1.90 bits per heavy atom. The Labute approximate surface area is 227 Å². The predicted molar refractivity (Wildman–Crippen MR) is 148 cm³/mol. The van der Waals surface area contributed by atoms with Crippen LogP contribution in [0.5, 0.6) is 11.5 Å². The van der Waals surface area contributed by atoms with E-state index in [-0.39, 0.29) is 24.5 Å². The molecule has 1 saturated carbocycles. The van der Waals surface area contributed by atoms with Gasteiger partial charge in [0.05, 0.1) is 12.5 Å². The Hall–Kier alpha value is -4.07. The number of fused-ring (bicyclic) bond motifs is 1. The first kappa shape index (κ1) is 26.5. The minimum atomic E-state index is -0.920. The highest BCUT2D eigenvalue weighted by Crippen LogP contribution is 2.38. The number of rotatable bonds is 8. The lowest BCUT2D eigenvalue weighted by molar-refractivity contribution is -0.0130. The van der Waals surface area contributed by atoms with E-state index < -0.39 is 17.4 Å². The highest BCUT2D eigenvalue weighted by atomic mass is 19.1. The van der Waals surface area contributed by atoms with E-state index >= 15 is 4.39 Å². The second-order valence-corrected chi connectivity index (χ2v) is 11.0. The number of carbonyl (C=O) groups is 1. The van der Waals surface area contributed by atoms with Crippen molar-refractivity contribution in [2.45, 2.75) is 71.2 Å². The lowest BCUT2D eigenvalue weighted by atomic mass is 9.85. The summed E-state index contributed by atoms with van der Waals surface area (Å²) in [4.78, 5) is 17.6. The summed E-state index contributed by atoms with van der Waals surface area (Å²) in [5.41, 5.74) is 3.80. The topological polar surface area (TPSA) is 76.3 Å². The van der Waals surface area contributed by atoms with Gasteiger partial charge in [-0.25, -0.2) is 14.2 Å². The molecule has 2 aromatic carbocycles. The fourth-order valence-electron chi connectivity index (χ4n) is 5.26. The molecule has 5 rings (SSSR count). The number of amides is 1. The number of ether oxygens (including phenoxy) is 2. The molecule has 1 fully saturated rings. The molecule has 2 aromatic heterocycles. The van der Waals surface area contributed by atoms with Gasteiger partial charge in [-0.1, -0.05) is 37.3 Å². The number of hydrogen-bond acceptors (Lipinski definition) is 4. The van der Waals surface area contributed by atoms with E-state index in [0.717, 1.165) is 27.8 Å². The zero-order valence-corrected chi connectivity index (χ0v) is 22.7. The molecule has 2 heterocycles. The molecular formula is C31H34FN3O4. The van der Waals surface area contributed by atoms with Crippen LogP contribution in [0.1, 0.15) is 51.7 Å². The van der Waals surface area contributed by atoms with Crippen molar-refractivity contribution in [3.8, 4) is 22.6 Å². The summed E-state index contributed by atoms with van der Waals surface area (Å²) in [6, 6.07) is 14.8. The lowest BCUT2D eigenvalue weighted by Crippen LogP contribution is -2.58. The van der Waals surface area contributed by atoms with Crippen LogP contribution in [0.15, 0.2) is 67.3 Å². The minimum Gasteiger partial charge on any atom is -0.488 e. The average molecular weight is 532 g/mol. The van der Waals surface area contributed by atoms with Crippen molar-refractivity contribution in [2.24, 2.45) is 0 Å². The Kier molecular flexibility index (Phi) is 7.21. The van der Waals surface area contributed by atoms with Crippen LogP contribution in [-0.2, 0) is 13.0 Å². The predicted octanol–water partition coefficient (Wildman–Crippen LogP) is 6.97. The van der Waals surface area contributed by atoms with Crippen LogP contribution in [0.3, 0.4) is 0 Å². The van der Waals surface area contributed by atoms with Gasteiger partial charge in [0.2, 0.25) is 0 Å². The standard InChI is InChI=1S/C31H34FN3O4/c1-5-21-11-28(38-18-20-9-7-6-8-10-20)26(32)15-25(21)22-12-29(27-16-33-19-34(27)17-22)39-24-13-23(14-24)35(30(36)37)31(2,3)4/h6-12,15-17,19,23-24H,5,13-14,18H2,1-4H3,(H,36,37)/t23-,24-. The Bertz CT molecular complexity index is 1470. The molecule has 0 atom stereocenters. The van der Waals surface area contributed by atoms with Gasteiger partial charge in [-0.05, 0) is 62.1 Å². The molecule has 0 unspecified atom stereocenters. The summed E-state index contributed by atoms with van der Waals surface area (Å²) in [6.07, 6.45) is 6.21. The first-order valence-corrected chi connectivity index (χ1v) is 13.3. The fraction of sp³-hybridized carbons (Fsp3) is 0.355. The molecule has 0 spiro atoms. The average Bonchev–Trinajstić information content (AvgIpc) is 3.35. The molecular weight excluding hydrogens is 497 g/mol. The van der Waals surface area contributed by atoms with E-state index in [0.29, 0.717) is 25.0 Å². The van der Waals surface area contributed by atoms with E-state index in [2.05, 4.69) is 4.98 Å². The summed E-state index contributed by atoms with van der Waals surface area (Å²) in [7, 11) is 0. The maximum atomic E-state index is 15.2. The number of halogens is 1. The van der Waals surface area contributed by atoms with Gasteiger partial charge in [-0.15, -0.1) is 0 Å². The molecule has 39 heavy (non-hydrogen) atoms. The number of hydrogen-bond donors (Lipinski definition) is 1. The van der Waals surface area contributed by atoms with Crippen LogP contribution in [0.4, 0.5) is 9.18 Å². The first-order valence-electron chi connectivity index (χ1n) is 13.3. The summed E-state index contributed by atoms with van der Waals surface area (Å²) in [5.74, 6) is 0.434. The van der Waals surface area contributed by atoms with E-state index in [4.69, 9.17) is 9.47 Å². The zero-order chi connectivity index (χ0) is 27.7. The van der Waals surface area contributed by atoms with Crippen LogP contribution in [0.2, 0.25) is 0 Å². The molecule has 4 aromatic rings. The zero-order valence-electron chi connectivity index (χ0n) is 22.7. The summed E-state index contributed by atoms with van der Waals surface area (Å²) < 4.78 is 29.3. The SMILES string of the molecule is CCc1cc(OCc2ccccc2)c(F)cc1-c1cc(O[C@H]2C[C@H](N(C(=O)O)C(C)(C)C)C2)c2cncn2c1. The first-order chi connectivity index (χ1) is 18.6. The number of nitrogens with zero attached hydrogens (tertiary/aromatic N) is 3. The second-order valence-electron chi connectivity index (χ2n) is 11.0. The third-order valence-electron chi connectivity index (χ3n) is 7.23. The molecule has 1 aliphatic carbocycles. The van der Waals surface area contributed by atoms with Crippen molar-refractivity contribution in [1.82, 2.24) is 14.3 Å². The van der Waals surface area contributed by atoms with Gasteiger partial charge in [-0.2, -0.15) is 0 Å². The van der Waals surface area contributed by atoms with Gasteiger partial charge in [0.15, 0.2) is 11.6 Å². The number of aryl methyl sites for hydroxylation is 1. The largest absolute Gasteiger partial charge is 0.488 e. The van der Waals surface area contributed by atoms with Gasteiger partial charge in [-0.3, -0.25) is 0 Å². The van der Waals surface area contributed by atoms with Gasteiger partial charge in [0.1, 0.15) is 24.0 Å². The number of pyridine rings is 1. The Morgan fingerprint density at radius 1 is 1.15 bits per heavy atom. The molecule has 204 valence electrons. The minimum absolute atomic E-state index is 0.0964. The van der Waals surface area contributed by atoms with Crippen molar-refractivity contribution in [1.29, 1.82) is 0 Å². The van der Waals surface area contributed by atoms with E-state index in [1.54, 1.807) is 18.6 Å². The third kappa shape index (κ3) is 5.55. The normalized spacial score (nSPS) is 17.1. The van der Waals surface area contributed by atoms with Crippen LogP contribution in [-0.4, -0.2) is 43.2 Å². The molecule has 0 bridgehead atoms. The van der Waals surface area contributed by atoms with Crippen LogP contribution >= 0.6 is 0 Å². The van der Waals surface area contributed by atoms with Crippen molar-refractivity contribution in [2.75, 3.05) is 0 Å². The molecule has 0 saturated heterocycles. The monoisotopic (exact) mass is 531 g/mol. The maximum absolute atomic E-state index is 15.2. The van der Waals surface area contributed by atoms with Crippen LogP contribution in [0.25, 0.3) is 16.6 Å². The highest BCUT2D eigenvalue weighted by Gasteiger charge is 2.42. The molecule has 1 aliphatic rings. The molecule has 7 nitrogen and oxygen atoms in total. The summed E-state index contributed by atoms with van der Waals surface area (Å²) >= 11 is 0. The maximum Gasteiger partial charge on any atom is 0.407 e. The smallest absolute Gasteiger partial charge is 0.407 e. The lowest BCUT2D eigenvalue weighted by Gasteiger charge is -2.47. The van der Waals surface area contributed by atoms with Gasteiger partial charge < -0.3 is 23.9 Å². The Morgan fingerprint density at radius 3 is 2.56 bits per heavy atom. The van der Waals surface area contributed by atoms with Crippen molar-refractivity contribution in [3.05, 3.63) is 84.2 Å². The molecule has 1 N–H and O–H groups in total. The molecule has 1 amide bonds. The summed E-state index contributed by atoms with van der Waals surface area (Å²) in [6.45, 7) is 8.02. The van der Waals surface area contributed by atoms with Gasteiger partial charge in [0.25, 0.3) is 0 Å². The van der Waals surface area contributed by atoms with Gasteiger partial charge >= 0.3 is 6.09 Å². The highest BCUT2D eigenvalue weighted by molar-refractivity contribution is 5.74. The number of aromatic nitrogens is 2. The third-order valence-corrected chi connectivity index (χ3v) is 7.23. The van der Waals surface area contributed by atoms with E-state index in [1.165, 1.54) is 11.0 Å². The molecule has 0 aliphatic heterocycles. The quantitative estimate of drug-likeness (QED) is 0.266.